The van der Waals surface area contributed by atoms with Crippen LogP contribution >= 0.6 is 11.3 Å². The monoisotopic (exact) mass is 342 g/mol. The number of alkyl carbamates (subject to hydrolysis) is 1. The highest BCUT2D eigenvalue weighted by molar-refractivity contribution is 7.11. The lowest BCUT2D eigenvalue weighted by atomic mass is 10.0. The smallest absolute Gasteiger partial charge is 0.407 e. The third kappa shape index (κ3) is 8.39. The lowest BCUT2D eigenvalue weighted by Gasteiger charge is -2.20. The SMILES string of the molecule is CCOC(=O)NC(CNC(=O)NCc1cnc(C)s1)CC(C)C. The van der Waals surface area contributed by atoms with Gasteiger partial charge in [0.1, 0.15) is 0 Å². The Hall–Kier alpha value is -1.83. The first-order valence-electron chi connectivity index (χ1n) is 7.77. The molecule has 0 saturated carbocycles. The third-order valence-electron chi connectivity index (χ3n) is 2.95. The number of aryl methyl sites for hydroxylation is 1. The number of rotatable bonds is 8. The van der Waals surface area contributed by atoms with Crippen molar-refractivity contribution in [3.05, 3.63) is 16.1 Å². The minimum absolute atomic E-state index is 0.162. The first kappa shape index (κ1) is 19.2. The Morgan fingerprint density at radius 3 is 2.65 bits per heavy atom. The number of amides is 3. The Labute approximate surface area is 141 Å². The van der Waals surface area contributed by atoms with Gasteiger partial charge < -0.3 is 20.7 Å². The zero-order valence-electron chi connectivity index (χ0n) is 14.1. The van der Waals surface area contributed by atoms with E-state index >= 15 is 0 Å². The summed E-state index contributed by atoms with van der Waals surface area (Å²) in [6, 6.07) is -0.430. The summed E-state index contributed by atoms with van der Waals surface area (Å²) in [6.45, 7) is 8.91. The van der Waals surface area contributed by atoms with E-state index in [1.54, 1.807) is 24.5 Å². The Morgan fingerprint density at radius 2 is 2.09 bits per heavy atom. The molecule has 23 heavy (non-hydrogen) atoms. The minimum atomic E-state index is -0.458. The van der Waals surface area contributed by atoms with E-state index < -0.39 is 6.09 Å². The van der Waals surface area contributed by atoms with Gasteiger partial charge in [0, 0.05) is 23.7 Å². The molecular formula is C15H26N4O3S. The van der Waals surface area contributed by atoms with Gasteiger partial charge in [-0.3, -0.25) is 0 Å². The molecule has 0 bridgehead atoms. The molecule has 1 rings (SSSR count). The molecule has 130 valence electrons. The van der Waals surface area contributed by atoms with Crippen LogP contribution in [0.5, 0.6) is 0 Å². The summed E-state index contributed by atoms with van der Waals surface area (Å²) >= 11 is 1.55. The van der Waals surface area contributed by atoms with Crippen molar-refractivity contribution in [3.8, 4) is 0 Å². The number of urea groups is 1. The van der Waals surface area contributed by atoms with Gasteiger partial charge in [-0.1, -0.05) is 13.8 Å². The van der Waals surface area contributed by atoms with Crippen molar-refractivity contribution >= 4 is 23.5 Å². The van der Waals surface area contributed by atoms with Crippen LogP contribution in [0, 0.1) is 12.8 Å². The lowest BCUT2D eigenvalue weighted by molar-refractivity contribution is 0.146. The van der Waals surface area contributed by atoms with Crippen molar-refractivity contribution in [1.29, 1.82) is 0 Å². The molecule has 0 aliphatic carbocycles. The van der Waals surface area contributed by atoms with Crippen molar-refractivity contribution in [3.63, 3.8) is 0 Å². The molecule has 0 aliphatic rings. The summed E-state index contributed by atoms with van der Waals surface area (Å²) in [4.78, 5) is 28.5. The highest BCUT2D eigenvalue weighted by Crippen LogP contribution is 2.10. The Kier molecular flexibility index (Phi) is 8.39. The fourth-order valence-corrected chi connectivity index (χ4v) is 2.77. The average molecular weight is 342 g/mol. The molecule has 1 aromatic rings. The number of carbonyl (C=O) groups excluding carboxylic acids is 2. The average Bonchev–Trinajstić information content (AvgIpc) is 2.88. The van der Waals surface area contributed by atoms with Crippen LogP contribution in [-0.4, -0.2) is 36.3 Å². The number of hydrogen-bond acceptors (Lipinski definition) is 5. The van der Waals surface area contributed by atoms with E-state index in [9.17, 15) is 9.59 Å². The standard InChI is InChI=1S/C15H26N4O3S/c1-5-22-15(21)19-12(6-10(2)3)7-17-14(20)18-9-13-8-16-11(4)23-13/h8,10,12H,5-7,9H2,1-4H3,(H,19,21)(H2,17,18,20). The molecule has 3 amide bonds. The Morgan fingerprint density at radius 1 is 1.35 bits per heavy atom. The van der Waals surface area contributed by atoms with E-state index in [1.807, 2.05) is 6.92 Å². The van der Waals surface area contributed by atoms with Gasteiger partial charge in [0.05, 0.1) is 18.2 Å². The predicted molar refractivity (Wildman–Crippen MR) is 90.5 cm³/mol. The number of nitrogens with one attached hydrogen (secondary N) is 3. The van der Waals surface area contributed by atoms with E-state index in [2.05, 4.69) is 34.8 Å². The first-order valence-corrected chi connectivity index (χ1v) is 8.58. The van der Waals surface area contributed by atoms with Gasteiger partial charge in [-0.05, 0) is 26.2 Å². The summed E-state index contributed by atoms with van der Waals surface area (Å²) in [5, 5.41) is 9.29. The zero-order chi connectivity index (χ0) is 17.2. The molecule has 3 N–H and O–H groups in total. The van der Waals surface area contributed by atoms with Crippen LogP contribution in [-0.2, 0) is 11.3 Å². The van der Waals surface area contributed by atoms with Gasteiger partial charge in [-0.2, -0.15) is 0 Å². The number of carbonyl (C=O) groups is 2. The second-order valence-electron chi connectivity index (χ2n) is 5.60. The molecule has 0 aliphatic heterocycles. The minimum Gasteiger partial charge on any atom is -0.450 e. The molecule has 0 spiro atoms. The van der Waals surface area contributed by atoms with E-state index in [-0.39, 0.29) is 12.1 Å². The fourth-order valence-electron chi connectivity index (χ4n) is 2.03. The maximum absolute atomic E-state index is 11.8. The fraction of sp³-hybridized carbons (Fsp3) is 0.667. The number of thiazole rings is 1. The summed E-state index contributed by atoms with van der Waals surface area (Å²) in [7, 11) is 0. The van der Waals surface area contributed by atoms with Crippen LogP contribution in [0.15, 0.2) is 6.20 Å². The molecule has 1 atom stereocenters. The predicted octanol–water partition coefficient (Wildman–Crippen LogP) is 2.41. The zero-order valence-corrected chi connectivity index (χ0v) is 15.0. The third-order valence-corrected chi connectivity index (χ3v) is 3.87. The quantitative estimate of drug-likeness (QED) is 0.676. The van der Waals surface area contributed by atoms with Gasteiger partial charge in [0.25, 0.3) is 0 Å². The van der Waals surface area contributed by atoms with E-state index in [0.717, 1.165) is 16.3 Å². The molecule has 1 heterocycles. The first-order chi connectivity index (χ1) is 10.9. The van der Waals surface area contributed by atoms with Crippen LogP contribution in [0.2, 0.25) is 0 Å². The summed E-state index contributed by atoms with van der Waals surface area (Å²) in [5.41, 5.74) is 0. The number of aromatic nitrogens is 1. The molecule has 0 saturated heterocycles. The van der Waals surface area contributed by atoms with Crippen LogP contribution in [0.3, 0.4) is 0 Å². The maximum atomic E-state index is 11.8. The van der Waals surface area contributed by atoms with Crippen LogP contribution in [0.25, 0.3) is 0 Å². The lowest BCUT2D eigenvalue weighted by Crippen LogP contribution is -2.46. The van der Waals surface area contributed by atoms with Crippen LogP contribution in [0.4, 0.5) is 9.59 Å². The van der Waals surface area contributed by atoms with Crippen molar-refractivity contribution in [1.82, 2.24) is 20.9 Å². The number of ether oxygens (including phenoxy) is 1. The second kappa shape index (κ2) is 10.0. The maximum Gasteiger partial charge on any atom is 0.407 e. The van der Waals surface area contributed by atoms with Gasteiger partial charge in [0.2, 0.25) is 0 Å². The Bertz CT molecular complexity index is 505. The van der Waals surface area contributed by atoms with Gasteiger partial charge in [0.15, 0.2) is 0 Å². The second-order valence-corrected chi connectivity index (χ2v) is 6.92. The van der Waals surface area contributed by atoms with E-state index in [0.29, 0.717) is 25.6 Å². The molecule has 1 aromatic heterocycles. The van der Waals surface area contributed by atoms with Crippen LogP contribution < -0.4 is 16.0 Å². The molecule has 7 nitrogen and oxygen atoms in total. The molecule has 8 heteroatoms. The van der Waals surface area contributed by atoms with Crippen molar-refractivity contribution in [2.45, 2.75) is 46.7 Å². The van der Waals surface area contributed by atoms with Crippen molar-refractivity contribution < 1.29 is 14.3 Å². The summed E-state index contributed by atoms with van der Waals surface area (Å²) < 4.78 is 4.88. The highest BCUT2D eigenvalue weighted by Gasteiger charge is 2.15. The van der Waals surface area contributed by atoms with Gasteiger partial charge in [-0.25, -0.2) is 14.6 Å². The number of nitrogens with zero attached hydrogens (tertiary/aromatic N) is 1. The van der Waals surface area contributed by atoms with E-state index in [1.165, 1.54) is 0 Å². The Balaban J connectivity index is 2.36. The van der Waals surface area contributed by atoms with Gasteiger partial charge >= 0.3 is 12.1 Å². The highest BCUT2D eigenvalue weighted by atomic mass is 32.1. The van der Waals surface area contributed by atoms with Crippen molar-refractivity contribution in [2.24, 2.45) is 5.92 Å². The summed E-state index contributed by atoms with van der Waals surface area (Å²) in [5.74, 6) is 0.395. The van der Waals surface area contributed by atoms with Gasteiger partial charge in [-0.15, -0.1) is 11.3 Å². The topological polar surface area (TPSA) is 92.4 Å². The largest absolute Gasteiger partial charge is 0.450 e. The molecule has 1 unspecified atom stereocenters. The summed E-state index contributed by atoms with van der Waals surface area (Å²) in [6.07, 6.45) is 2.05. The molecular weight excluding hydrogens is 316 g/mol. The van der Waals surface area contributed by atoms with Crippen LogP contribution in [0.1, 0.15) is 37.1 Å². The molecule has 0 radical (unpaired) electrons. The normalized spacial score (nSPS) is 11.9. The van der Waals surface area contributed by atoms with Crippen molar-refractivity contribution in [2.75, 3.05) is 13.2 Å². The molecule has 0 fully saturated rings. The molecule has 0 aromatic carbocycles. The number of hydrogen-bond donors (Lipinski definition) is 3. The van der Waals surface area contributed by atoms with E-state index in [4.69, 9.17) is 4.74 Å².